The van der Waals surface area contributed by atoms with E-state index in [1.807, 2.05) is 17.0 Å². The number of piperidine rings is 1. The summed E-state index contributed by atoms with van der Waals surface area (Å²) >= 11 is 0. The van der Waals surface area contributed by atoms with E-state index in [0.717, 1.165) is 31.5 Å². The first-order valence-corrected chi connectivity index (χ1v) is 8.05. The van der Waals surface area contributed by atoms with Gasteiger partial charge in [0.15, 0.2) is 5.65 Å². The Bertz CT molecular complexity index is 940. The molecule has 6 nitrogen and oxygen atoms in total. The van der Waals surface area contributed by atoms with Gasteiger partial charge < -0.3 is 4.90 Å². The molecule has 0 saturated carbocycles. The topological polar surface area (TPSA) is 66.8 Å². The number of H-pyrrole nitrogens is 1. The first-order chi connectivity index (χ1) is 11.6. The van der Waals surface area contributed by atoms with E-state index in [1.54, 1.807) is 17.8 Å². The number of halogens is 1. The fourth-order valence-electron chi connectivity index (χ4n) is 3.38. The number of aromatic amines is 1. The first-order valence-electron chi connectivity index (χ1n) is 8.05. The fraction of sp³-hybridized carbons (Fsp3) is 0.353. The van der Waals surface area contributed by atoms with Gasteiger partial charge in [0.05, 0.1) is 6.20 Å². The Hall–Kier alpha value is -2.70. The molecule has 124 valence electrons. The Morgan fingerprint density at radius 1 is 1.25 bits per heavy atom. The summed E-state index contributed by atoms with van der Waals surface area (Å²) in [5.74, 6) is 0.622. The quantitative estimate of drug-likeness (QED) is 0.783. The van der Waals surface area contributed by atoms with Gasteiger partial charge >= 0.3 is 0 Å². The van der Waals surface area contributed by atoms with Crippen molar-refractivity contribution in [3.05, 3.63) is 52.2 Å². The maximum atomic E-state index is 13.9. The van der Waals surface area contributed by atoms with Crippen LogP contribution in [0.2, 0.25) is 0 Å². The molecule has 0 atom stereocenters. The molecule has 1 N–H and O–H groups in total. The summed E-state index contributed by atoms with van der Waals surface area (Å²) in [6.45, 7) is 1.45. The molecule has 24 heavy (non-hydrogen) atoms. The minimum Gasteiger partial charge on any atom is -0.342 e. The van der Waals surface area contributed by atoms with E-state index < -0.39 is 0 Å². The van der Waals surface area contributed by atoms with Crippen molar-refractivity contribution in [3.63, 3.8) is 0 Å². The number of hydrogen-bond donors (Lipinski definition) is 1. The van der Waals surface area contributed by atoms with Gasteiger partial charge in [0.25, 0.3) is 5.56 Å². The van der Waals surface area contributed by atoms with Crippen molar-refractivity contribution in [2.45, 2.75) is 18.8 Å². The Morgan fingerprint density at radius 3 is 2.75 bits per heavy atom. The van der Waals surface area contributed by atoms with Crippen LogP contribution in [-0.2, 0) is 7.05 Å². The molecule has 1 aliphatic heterocycles. The van der Waals surface area contributed by atoms with Crippen LogP contribution in [-0.4, -0.2) is 32.8 Å². The van der Waals surface area contributed by atoms with Gasteiger partial charge in [0, 0.05) is 20.1 Å². The predicted octanol–water partition coefficient (Wildman–Crippen LogP) is 2.18. The van der Waals surface area contributed by atoms with Crippen LogP contribution in [0.25, 0.3) is 11.0 Å². The van der Waals surface area contributed by atoms with Gasteiger partial charge in [-0.3, -0.25) is 14.5 Å². The van der Waals surface area contributed by atoms with Gasteiger partial charge in [-0.25, -0.2) is 4.39 Å². The second kappa shape index (κ2) is 5.74. The zero-order chi connectivity index (χ0) is 16.7. The number of fused-ring (bicyclic) bond motifs is 1. The van der Waals surface area contributed by atoms with E-state index in [-0.39, 0.29) is 17.3 Å². The Kier molecular flexibility index (Phi) is 3.55. The highest BCUT2D eigenvalue weighted by Crippen LogP contribution is 2.30. The van der Waals surface area contributed by atoms with Crippen LogP contribution in [0, 0.1) is 5.82 Å². The molecule has 0 spiro atoms. The molecule has 7 heteroatoms. The van der Waals surface area contributed by atoms with Crippen molar-refractivity contribution in [2.75, 3.05) is 18.0 Å². The summed E-state index contributed by atoms with van der Waals surface area (Å²) in [7, 11) is 1.77. The molecule has 4 rings (SSSR count). The highest BCUT2D eigenvalue weighted by molar-refractivity contribution is 5.74. The minimum atomic E-state index is -0.181. The molecule has 0 radical (unpaired) electrons. The lowest BCUT2D eigenvalue weighted by atomic mass is 9.89. The minimum absolute atomic E-state index is 0.140. The highest BCUT2D eigenvalue weighted by Gasteiger charge is 2.24. The summed E-state index contributed by atoms with van der Waals surface area (Å²) in [6.07, 6.45) is 3.18. The monoisotopic (exact) mass is 327 g/mol. The van der Waals surface area contributed by atoms with Crippen LogP contribution in [0.5, 0.6) is 0 Å². The molecule has 3 heterocycles. The van der Waals surface area contributed by atoms with Crippen LogP contribution in [0.3, 0.4) is 0 Å². The van der Waals surface area contributed by atoms with Gasteiger partial charge in [-0.15, -0.1) is 0 Å². The number of rotatable bonds is 2. The van der Waals surface area contributed by atoms with Crippen molar-refractivity contribution in [1.29, 1.82) is 0 Å². The number of aryl methyl sites for hydroxylation is 1. The average Bonchev–Trinajstić information content (AvgIpc) is 2.97. The van der Waals surface area contributed by atoms with Crippen LogP contribution in [0.1, 0.15) is 24.3 Å². The Labute approximate surface area is 137 Å². The van der Waals surface area contributed by atoms with Gasteiger partial charge in [-0.1, -0.05) is 18.2 Å². The van der Waals surface area contributed by atoms with Crippen molar-refractivity contribution in [3.8, 4) is 0 Å². The second-order valence-corrected chi connectivity index (χ2v) is 6.18. The molecule has 1 aliphatic rings. The molecule has 1 aromatic carbocycles. The zero-order valence-electron chi connectivity index (χ0n) is 13.4. The SMILES string of the molecule is Cn1ncc2c(=O)[nH]c(N3CCC(c4ccccc4F)CC3)nc21. The van der Waals surface area contributed by atoms with Crippen LogP contribution in [0.15, 0.2) is 35.3 Å². The van der Waals surface area contributed by atoms with E-state index in [0.29, 0.717) is 17.0 Å². The number of nitrogens with one attached hydrogen (secondary N) is 1. The van der Waals surface area contributed by atoms with Crippen molar-refractivity contribution in [2.24, 2.45) is 7.05 Å². The first kappa shape index (κ1) is 14.9. The summed E-state index contributed by atoms with van der Waals surface area (Å²) < 4.78 is 15.5. The lowest BCUT2D eigenvalue weighted by molar-refractivity contribution is 0.477. The molecule has 2 aromatic heterocycles. The average molecular weight is 327 g/mol. The van der Waals surface area contributed by atoms with E-state index in [1.165, 1.54) is 12.3 Å². The van der Waals surface area contributed by atoms with E-state index >= 15 is 0 Å². The van der Waals surface area contributed by atoms with Gasteiger partial charge in [-0.05, 0) is 30.4 Å². The number of anilines is 1. The van der Waals surface area contributed by atoms with E-state index in [4.69, 9.17) is 0 Å². The third-order valence-electron chi connectivity index (χ3n) is 4.73. The molecular formula is C17H18FN5O. The van der Waals surface area contributed by atoms with Crippen molar-refractivity contribution < 1.29 is 4.39 Å². The largest absolute Gasteiger partial charge is 0.342 e. The van der Waals surface area contributed by atoms with E-state index in [2.05, 4.69) is 15.1 Å². The van der Waals surface area contributed by atoms with Crippen LogP contribution in [0.4, 0.5) is 10.3 Å². The molecule has 1 saturated heterocycles. The second-order valence-electron chi connectivity index (χ2n) is 6.18. The summed E-state index contributed by atoms with van der Waals surface area (Å²) in [5.41, 5.74) is 1.17. The van der Waals surface area contributed by atoms with Gasteiger partial charge in [0.2, 0.25) is 5.95 Å². The molecule has 1 fully saturated rings. The molecular weight excluding hydrogens is 309 g/mol. The lowest BCUT2D eigenvalue weighted by Gasteiger charge is -2.32. The predicted molar refractivity (Wildman–Crippen MR) is 89.7 cm³/mol. The molecule has 0 unspecified atom stereocenters. The highest BCUT2D eigenvalue weighted by atomic mass is 19.1. The summed E-state index contributed by atoms with van der Waals surface area (Å²) in [6, 6.07) is 6.96. The maximum Gasteiger partial charge on any atom is 0.263 e. The number of nitrogens with zero attached hydrogens (tertiary/aromatic N) is 4. The summed E-state index contributed by atoms with van der Waals surface area (Å²) in [4.78, 5) is 21.6. The Morgan fingerprint density at radius 2 is 2.00 bits per heavy atom. The van der Waals surface area contributed by atoms with Crippen LogP contribution < -0.4 is 10.5 Å². The molecule has 0 amide bonds. The number of benzene rings is 1. The van der Waals surface area contributed by atoms with Crippen molar-refractivity contribution in [1.82, 2.24) is 19.7 Å². The molecule has 0 aliphatic carbocycles. The third kappa shape index (κ3) is 2.46. The maximum absolute atomic E-state index is 13.9. The van der Waals surface area contributed by atoms with Gasteiger partial charge in [-0.2, -0.15) is 10.1 Å². The lowest BCUT2D eigenvalue weighted by Crippen LogP contribution is -2.35. The number of aromatic nitrogens is 4. The zero-order valence-corrected chi connectivity index (χ0v) is 13.4. The van der Waals surface area contributed by atoms with Crippen LogP contribution >= 0.6 is 0 Å². The Balaban J connectivity index is 1.57. The standard InChI is InChI=1S/C17H18FN5O/c1-22-15-13(10-19-22)16(24)21-17(20-15)23-8-6-11(7-9-23)12-4-2-3-5-14(12)18/h2-5,10-11H,6-9H2,1H3,(H,20,21,24). The molecule has 3 aromatic rings. The normalized spacial score (nSPS) is 16.0. The third-order valence-corrected chi connectivity index (χ3v) is 4.73. The summed E-state index contributed by atoms with van der Waals surface area (Å²) in [5, 5.41) is 4.57. The molecule has 0 bridgehead atoms. The smallest absolute Gasteiger partial charge is 0.263 e. The van der Waals surface area contributed by atoms with E-state index in [9.17, 15) is 9.18 Å². The van der Waals surface area contributed by atoms with Gasteiger partial charge in [0.1, 0.15) is 11.2 Å². The van der Waals surface area contributed by atoms with Crippen molar-refractivity contribution >= 4 is 17.0 Å². The fourth-order valence-corrected chi connectivity index (χ4v) is 3.38. The number of hydrogen-bond acceptors (Lipinski definition) is 4.